The van der Waals surface area contributed by atoms with Crippen LogP contribution in [0.2, 0.25) is 0 Å². The van der Waals surface area contributed by atoms with Gasteiger partial charge >= 0.3 is 11.9 Å². The Morgan fingerprint density at radius 3 is 2.79 bits per heavy atom. The highest BCUT2D eigenvalue weighted by Gasteiger charge is 2.31. The van der Waals surface area contributed by atoms with Gasteiger partial charge in [0.1, 0.15) is 0 Å². The summed E-state index contributed by atoms with van der Waals surface area (Å²) in [5.74, 6) is -0.701. The number of cyclic esters (lactones) is 2. The van der Waals surface area contributed by atoms with Gasteiger partial charge in [-0.25, -0.2) is 0 Å². The number of carbonyl (C=O) groups excluding carboxylic acids is 2. The fourth-order valence-corrected chi connectivity index (χ4v) is 1.51. The monoisotopic (exact) mass is 196 g/mol. The molecule has 0 aliphatic carbocycles. The quantitative estimate of drug-likeness (QED) is 0.392. The van der Waals surface area contributed by atoms with Crippen LogP contribution in [0.25, 0.3) is 0 Å². The molecule has 0 amide bonds. The summed E-state index contributed by atoms with van der Waals surface area (Å²) in [5, 5.41) is 0. The Bertz CT molecular complexity index is 255. The second-order valence-corrected chi connectivity index (χ2v) is 3.75. The molecule has 0 aromatic rings. The van der Waals surface area contributed by atoms with E-state index in [1.165, 1.54) is 0 Å². The van der Waals surface area contributed by atoms with E-state index < -0.39 is 11.9 Å². The molecule has 0 aromatic carbocycles. The maximum atomic E-state index is 11.1. The van der Waals surface area contributed by atoms with E-state index in [0.717, 1.165) is 12.8 Å². The Labute approximate surface area is 84.1 Å². The zero-order valence-electron chi connectivity index (χ0n) is 8.66. The van der Waals surface area contributed by atoms with E-state index >= 15 is 0 Å². The molecule has 2 atom stereocenters. The molecule has 0 spiro atoms. The molecule has 0 radical (unpaired) electrons. The Morgan fingerprint density at radius 1 is 1.57 bits per heavy atom. The first-order valence-electron chi connectivity index (χ1n) is 5.06. The summed E-state index contributed by atoms with van der Waals surface area (Å²) in [7, 11) is 0. The lowest BCUT2D eigenvalue weighted by atomic mass is 10.0. The van der Waals surface area contributed by atoms with Gasteiger partial charge in [0.25, 0.3) is 0 Å². The van der Waals surface area contributed by atoms with Crippen molar-refractivity contribution in [3.63, 3.8) is 0 Å². The van der Waals surface area contributed by atoms with Crippen LogP contribution in [-0.4, -0.2) is 11.9 Å². The van der Waals surface area contributed by atoms with E-state index in [9.17, 15) is 9.59 Å². The summed E-state index contributed by atoms with van der Waals surface area (Å²) in [6, 6.07) is 0. The summed E-state index contributed by atoms with van der Waals surface area (Å²) in [4.78, 5) is 21.8. The molecule has 78 valence electrons. The topological polar surface area (TPSA) is 43.4 Å². The predicted molar refractivity (Wildman–Crippen MR) is 52.4 cm³/mol. The maximum Gasteiger partial charge on any atom is 0.321 e. The first kappa shape index (κ1) is 11.0. The molecule has 3 nitrogen and oxygen atoms in total. The largest absolute Gasteiger partial charge is 0.393 e. The molecule has 1 rings (SSSR count). The fraction of sp³-hybridized carbons (Fsp3) is 0.636. The van der Waals surface area contributed by atoms with Gasteiger partial charge < -0.3 is 4.74 Å². The van der Waals surface area contributed by atoms with E-state index in [1.54, 1.807) is 6.08 Å². The van der Waals surface area contributed by atoms with Crippen LogP contribution in [-0.2, 0) is 14.3 Å². The molecule has 1 heterocycles. The smallest absolute Gasteiger partial charge is 0.321 e. The van der Waals surface area contributed by atoms with Gasteiger partial charge in [0.2, 0.25) is 0 Å². The fourth-order valence-electron chi connectivity index (χ4n) is 1.51. The molecule has 3 heteroatoms. The Morgan fingerprint density at radius 2 is 2.29 bits per heavy atom. The zero-order chi connectivity index (χ0) is 10.6. The molecule has 1 aliphatic rings. The van der Waals surface area contributed by atoms with Gasteiger partial charge in [-0.3, -0.25) is 9.59 Å². The lowest BCUT2D eigenvalue weighted by molar-refractivity contribution is -0.152. The number of hydrogen-bond acceptors (Lipinski definition) is 3. The molecule has 1 aliphatic heterocycles. The van der Waals surface area contributed by atoms with E-state index in [-0.39, 0.29) is 12.3 Å². The third-order valence-corrected chi connectivity index (χ3v) is 2.32. The van der Waals surface area contributed by atoms with Gasteiger partial charge in [0, 0.05) is 0 Å². The summed E-state index contributed by atoms with van der Waals surface area (Å²) in [6.07, 6.45) is 6.22. The second kappa shape index (κ2) is 4.94. The zero-order valence-corrected chi connectivity index (χ0v) is 8.66. The average molecular weight is 196 g/mol. The van der Waals surface area contributed by atoms with Crippen molar-refractivity contribution in [2.75, 3.05) is 0 Å². The normalized spacial score (nSPS) is 24.3. The second-order valence-electron chi connectivity index (χ2n) is 3.75. The van der Waals surface area contributed by atoms with Crippen LogP contribution in [0.1, 0.15) is 33.1 Å². The van der Waals surface area contributed by atoms with Crippen molar-refractivity contribution in [3.8, 4) is 0 Å². The number of allylic oxidation sites excluding steroid dienone is 1. The van der Waals surface area contributed by atoms with E-state index in [4.69, 9.17) is 0 Å². The lowest BCUT2D eigenvalue weighted by Crippen LogP contribution is -2.04. The molecule has 2 unspecified atom stereocenters. The molecule has 0 bridgehead atoms. The lowest BCUT2D eigenvalue weighted by Gasteiger charge is -2.03. The van der Waals surface area contributed by atoms with E-state index in [0.29, 0.717) is 5.92 Å². The number of carbonyl (C=O) groups is 2. The standard InChI is InChI=1S/C11H16O3/c1-3-4-8(2)5-6-9-7-10(12)14-11(9)13/h5-6,8-9H,3-4,7H2,1-2H3/b6-5+. The molecule has 0 aromatic heterocycles. The van der Waals surface area contributed by atoms with Crippen LogP contribution in [0.5, 0.6) is 0 Å². The van der Waals surface area contributed by atoms with Crippen LogP contribution < -0.4 is 0 Å². The van der Waals surface area contributed by atoms with Crippen molar-refractivity contribution in [2.24, 2.45) is 11.8 Å². The maximum absolute atomic E-state index is 11.1. The molecule has 1 saturated heterocycles. The highest BCUT2D eigenvalue weighted by Crippen LogP contribution is 2.18. The minimum absolute atomic E-state index is 0.203. The number of rotatable bonds is 4. The number of ether oxygens (including phenoxy) is 1. The third kappa shape index (κ3) is 2.98. The molecular formula is C11H16O3. The van der Waals surface area contributed by atoms with Crippen molar-refractivity contribution in [2.45, 2.75) is 33.1 Å². The van der Waals surface area contributed by atoms with E-state index in [1.807, 2.05) is 6.08 Å². The summed E-state index contributed by atoms with van der Waals surface area (Å²) < 4.78 is 4.44. The minimum Gasteiger partial charge on any atom is -0.393 e. The first-order chi connectivity index (χ1) is 6.63. The third-order valence-electron chi connectivity index (χ3n) is 2.32. The van der Waals surface area contributed by atoms with Crippen LogP contribution >= 0.6 is 0 Å². The SMILES string of the molecule is CCCC(C)/C=C/C1CC(=O)OC1=O. The Hall–Kier alpha value is -1.12. The van der Waals surface area contributed by atoms with Gasteiger partial charge in [0.15, 0.2) is 0 Å². The first-order valence-corrected chi connectivity index (χ1v) is 5.06. The van der Waals surface area contributed by atoms with Gasteiger partial charge in [0.05, 0.1) is 12.3 Å². The average Bonchev–Trinajstić information content (AvgIpc) is 2.42. The molecule has 14 heavy (non-hydrogen) atoms. The Kier molecular flexibility index (Phi) is 3.86. The van der Waals surface area contributed by atoms with Crippen molar-refractivity contribution in [1.29, 1.82) is 0 Å². The number of hydrogen-bond donors (Lipinski definition) is 0. The molecule has 0 saturated carbocycles. The number of esters is 2. The highest BCUT2D eigenvalue weighted by atomic mass is 16.6. The van der Waals surface area contributed by atoms with Gasteiger partial charge in [-0.1, -0.05) is 32.4 Å². The molecular weight excluding hydrogens is 180 g/mol. The molecule has 1 fully saturated rings. The van der Waals surface area contributed by atoms with Crippen molar-refractivity contribution >= 4 is 11.9 Å². The summed E-state index contributed by atoms with van der Waals surface area (Å²) in [6.45, 7) is 4.22. The van der Waals surface area contributed by atoms with Crippen molar-refractivity contribution in [1.82, 2.24) is 0 Å². The summed E-state index contributed by atoms with van der Waals surface area (Å²) in [5.41, 5.74) is 0. The molecule has 0 N–H and O–H groups in total. The van der Waals surface area contributed by atoms with Crippen molar-refractivity contribution < 1.29 is 14.3 Å². The van der Waals surface area contributed by atoms with Gasteiger partial charge in [-0.2, -0.15) is 0 Å². The summed E-state index contributed by atoms with van der Waals surface area (Å²) >= 11 is 0. The van der Waals surface area contributed by atoms with Gasteiger partial charge in [-0.15, -0.1) is 0 Å². The minimum atomic E-state index is -0.409. The van der Waals surface area contributed by atoms with Gasteiger partial charge in [-0.05, 0) is 12.3 Å². The predicted octanol–water partition coefficient (Wildman–Crippen LogP) is 2.07. The van der Waals surface area contributed by atoms with Crippen LogP contribution in [0, 0.1) is 11.8 Å². The highest BCUT2D eigenvalue weighted by molar-refractivity contribution is 5.95. The van der Waals surface area contributed by atoms with Crippen molar-refractivity contribution in [3.05, 3.63) is 12.2 Å². The van der Waals surface area contributed by atoms with Crippen LogP contribution in [0.3, 0.4) is 0 Å². The Balaban J connectivity index is 2.43. The van der Waals surface area contributed by atoms with Crippen LogP contribution in [0.15, 0.2) is 12.2 Å². The van der Waals surface area contributed by atoms with Crippen LogP contribution in [0.4, 0.5) is 0 Å². The van der Waals surface area contributed by atoms with E-state index in [2.05, 4.69) is 18.6 Å².